The Morgan fingerprint density at radius 1 is 1.07 bits per heavy atom. The molecule has 0 radical (unpaired) electrons. The Morgan fingerprint density at radius 3 is 2.66 bits per heavy atom. The van der Waals surface area contributed by atoms with Crippen molar-refractivity contribution in [2.24, 2.45) is 0 Å². The zero-order chi connectivity index (χ0) is 20.2. The summed E-state index contributed by atoms with van der Waals surface area (Å²) >= 11 is 0. The fourth-order valence-electron chi connectivity index (χ4n) is 4.15. The topological polar surface area (TPSA) is 48.6 Å². The normalized spacial score (nSPS) is 15.0. The van der Waals surface area contributed by atoms with Crippen LogP contribution in [0.5, 0.6) is 5.75 Å². The molecule has 0 saturated carbocycles. The molecule has 3 aromatic rings. The molecule has 0 spiro atoms. The minimum absolute atomic E-state index is 0.246. The van der Waals surface area contributed by atoms with E-state index in [-0.39, 0.29) is 5.91 Å². The van der Waals surface area contributed by atoms with Crippen LogP contribution in [0.25, 0.3) is 10.9 Å². The monoisotopic (exact) mass is 391 g/mol. The predicted octanol–water partition coefficient (Wildman–Crippen LogP) is 3.76. The zero-order valence-electron chi connectivity index (χ0n) is 17.3. The van der Waals surface area contributed by atoms with E-state index >= 15 is 0 Å². The smallest absolute Gasteiger partial charge is 0.222 e. The van der Waals surface area contributed by atoms with E-state index < -0.39 is 0 Å². The van der Waals surface area contributed by atoms with E-state index in [0.717, 1.165) is 50.5 Å². The molecular formula is C24H29N3O2. The maximum absolute atomic E-state index is 12.6. The van der Waals surface area contributed by atoms with Crippen molar-refractivity contribution in [3.05, 3.63) is 65.4 Å². The summed E-state index contributed by atoms with van der Waals surface area (Å²) in [5.41, 5.74) is 4.96. The van der Waals surface area contributed by atoms with Gasteiger partial charge >= 0.3 is 0 Å². The van der Waals surface area contributed by atoms with Crippen molar-refractivity contribution in [2.45, 2.75) is 26.3 Å². The molecule has 2 aromatic carbocycles. The molecule has 0 bridgehead atoms. The minimum Gasteiger partial charge on any atom is -0.497 e. The van der Waals surface area contributed by atoms with E-state index in [0.29, 0.717) is 6.42 Å². The van der Waals surface area contributed by atoms with Crippen molar-refractivity contribution < 1.29 is 9.53 Å². The van der Waals surface area contributed by atoms with Crippen LogP contribution in [0.15, 0.2) is 48.5 Å². The highest BCUT2D eigenvalue weighted by molar-refractivity contribution is 5.84. The summed E-state index contributed by atoms with van der Waals surface area (Å²) in [5.74, 6) is 1.09. The molecule has 1 aliphatic heterocycles. The number of amides is 1. The van der Waals surface area contributed by atoms with Gasteiger partial charge in [-0.15, -0.1) is 0 Å². The molecule has 4 rings (SSSR count). The number of benzene rings is 2. The SMILES string of the molecule is COc1cccc(CCC(=O)N2CCN(Cc3c(C)[nH]c4ccccc34)CC2)c1. The summed E-state index contributed by atoms with van der Waals surface area (Å²) in [4.78, 5) is 20.6. The Balaban J connectivity index is 1.29. The number of carbonyl (C=O) groups excluding carboxylic acids is 1. The number of aromatic amines is 1. The van der Waals surface area contributed by atoms with Crippen molar-refractivity contribution in [2.75, 3.05) is 33.3 Å². The van der Waals surface area contributed by atoms with Crippen LogP contribution in [-0.2, 0) is 17.8 Å². The number of para-hydroxylation sites is 1. The lowest BCUT2D eigenvalue weighted by Crippen LogP contribution is -2.48. The van der Waals surface area contributed by atoms with Crippen molar-refractivity contribution in [1.29, 1.82) is 0 Å². The van der Waals surface area contributed by atoms with Gasteiger partial charge in [0.05, 0.1) is 7.11 Å². The number of ether oxygens (including phenoxy) is 1. The van der Waals surface area contributed by atoms with Crippen LogP contribution in [0.3, 0.4) is 0 Å². The van der Waals surface area contributed by atoms with Crippen LogP contribution >= 0.6 is 0 Å². The Morgan fingerprint density at radius 2 is 1.86 bits per heavy atom. The van der Waals surface area contributed by atoms with Crippen LogP contribution < -0.4 is 4.74 Å². The Kier molecular flexibility index (Phi) is 5.86. The number of methoxy groups -OCH3 is 1. The van der Waals surface area contributed by atoms with E-state index in [1.54, 1.807) is 7.11 Å². The molecule has 5 nitrogen and oxygen atoms in total. The second-order valence-electron chi connectivity index (χ2n) is 7.78. The number of hydrogen-bond acceptors (Lipinski definition) is 3. The first-order valence-corrected chi connectivity index (χ1v) is 10.3. The molecule has 5 heteroatoms. The van der Waals surface area contributed by atoms with Crippen molar-refractivity contribution in [3.63, 3.8) is 0 Å². The van der Waals surface area contributed by atoms with E-state index in [1.165, 1.54) is 22.2 Å². The number of aryl methyl sites for hydroxylation is 2. The number of piperazine rings is 1. The lowest BCUT2D eigenvalue weighted by Gasteiger charge is -2.35. The van der Waals surface area contributed by atoms with Gasteiger partial charge in [0.15, 0.2) is 0 Å². The predicted molar refractivity (Wildman–Crippen MR) is 116 cm³/mol. The Labute approximate surface area is 172 Å². The number of hydrogen-bond donors (Lipinski definition) is 1. The number of aromatic nitrogens is 1. The van der Waals surface area contributed by atoms with E-state index in [1.807, 2.05) is 23.1 Å². The molecule has 1 aromatic heterocycles. The van der Waals surface area contributed by atoms with Crippen LogP contribution in [0.4, 0.5) is 0 Å². The second-order valence-corrected chi connectivity index (χ2v) is 7.78. The summed E-state index contributed by atoms with van der Waals surface area (Å²) < 4.78 is 5.26. The van der Waals surface area contributed by atoms with Gasteiger partial charge in [-0.25, -0.2) is 0 Å². The van der Waals surface area contributed by atoms with Gasteiger partial charge in [-0.2, -0.15) is 0 Å². The summed E-state index contributed by atoms with van der Waals surface area (Å²) in [5, 5.41) is 1.31. The van der Waals surface area contributed by atoms with Crippen LogP contribution in [-0.4, -0.2) is 54.0 Å². The average molecular weight is 392 g/mol. The maximum atomic E-state index is 12.6. The van der Waals surface area contributed by atoms with Gasteiger partial charge < -0.3 is 14.6 Å². The zero-order valence-corrected chi connectivity index (χ0v) is 17.3. The molecule has 1 amide bonds. The average Bonchev–Trinajstić information content (AvgIpc) is 3.08. The molecule has 1 fully saturated rings. The number of rotatable bonds is 6. The number of fused-ring (bicyclic) bond motifs is 1. The van der Waals surface area contributed by atoms with Crippen LogP contribution in [0.1, 0.15) is 23.2 Å². The molecule has 1 saturated heterocycles. The minimum atomic E-state index is 0.246. The van der Waals surface area contributed by atoms with Crippen molar-refractivity contribution in [3.8, 4) is 5.75 Å². The summed E-state index contributed by atoms with van der Waals surface area (Å²) in [7, 11) is 1.67. The highest BCUT2D eigenvalue weighted by atomic mass is 16.5. The lowest BCUT2D eigenvalue weighted by atomic mass is 10.1. The molecule has 152 valence electrons. The number of carbonyl (C=O) groups is 1. The van der Waals surface area contributed by atoms with Crippen LogP contribution in [0, 0.1) is 6.92 Å². The van der Waals surface area contributed by atoms with Crippen molar-refractivity contribution in [1.82, 2.24) is 14.8 Å². The first-order chi connectivity index (χ1) is 14.1. The van der Waals surface area contributed by atoms with Gasteiger partial charge in [-0.05, 0) is 42.7 Å². The second kappa shape index (κ2) is 8.70. The summed E-state index contributed by atoms with van der Waals surface area (Å²) in [6.45, 7) is 6.53. The first-order valence-electron chi connectivity index (χ1n) is 10.3. The molecule has 1 N–H and O–H groups in total. The van der Waals surface area contributed by atoms with E-state index in [9.17, 15) is 4.79 Å². The van der Waals surface area contributed by atoms with Crippen LogP contribution in [0.2, 0.25) is 0 Å². The molecule has 0 atom stereocenters. The lowest BCUT2D eigenvalue weighted by molar-refractivity contribution is -0.133. The molecule has 2 heterocycles. The number of H-pyrrole nitrogens is 1. The largest absolute Gasteiger partial charge is 0.497 e. The standard InChI is InChI=1S/C24H29N3O2/c1-18-22(21-8-3-4-9-23(21)25-18)17-26-12-14-27(15-13-26)24(28)11-10-19-6-5-7-20(16-19)29-2/h3-9,16,25H,10-15,17H2,1-2H3. The van der Waals surface area contributed by atoms with Gasteiger partial charge in [0.1, 0.15) is 5.75 Å². The third kappa shape index (κ3) is 4.46. The molecular weight excluding hydrogens is 362 g/mol. The third-order valence-electron chi connectivity index (χ3n) is 5.90. The van der Waals surface area contributed by atoms with Gasteiger partial charge in [0, 0.05) is 55.7 Å². The van der Waals surface area contributed by atoms with Gasteiger partial charge in [-0.1, -0.05) is 30.3 Å². The van der Waals surface area contributed by atoms with E-state index in [4.69, 9.17) is 4.74 Å². The molecule has 1 aliphatic rings. The van der Waals surface area contributed by atoms with Gasteiger partial charge in [-0.3, -0.25) is 9.69 Å². The highest BCUT2D eigenvalue weighted by Gasteiger charge is 2.22. The summed E-state index contributed by atoms with van der Waals surface area (Å²) in [6.07, 6.45) is 1.31. The molecule has 0 unspecified atom stereocenters. The highest BCUT2D eigenvalue weighted by Crippen LogP contribution is 2.24. The van der Waals surface area contributed by atoms with Gasteiger partial charge in [0.25, 0.3) is 0 Å². The third-order valence-corrected chi connectivity index (χ3v) is 5.90. The summed E-state index contributed by atoms with van der Waals surface area (Å²) in [6, 6.07) is 16.4. The Hall–Kier alpha value is -2.79. The van der Waals surface area contributed by atoms with Gasteiger partial charge in [0.2, 0.25) is 5.91 Å². The van der Waals surface area contributed by atoms with Crippen molar-refractivity contribution >= 4 is 16.8 Å². The van der Waals surface area contributed by atoms with E-state index in [2.05, 4.69) is 47.1 Å². The fraction of sp³-hybridized carbons (Fsp3) is 0.375. The molecule has 29 heavy (non-hydrogen) atoms. The fourth-order valence-corrected chi connectivity index (χ4v) is 4.15. The Bertz CT molecular complexity index is 987. The first kappa shape index (κ1) is 19.5. The quantitative estimate of drug-likeness (QED) is 0.696. The number of nitrogens with zero attached hydrogens (tertiary/aromatic N) is 2. The maximum Gasteiger partial charge on any atom is 0.222 e. The number of nitrogens with one attached hydrogen (secondary N) is 1. The molecule has 0 aliphatic carbocycles.